The molecule has 7 heteroatoms. The van der Waals surface area contributed by atoms with Crippen LogP contribution < -0.4 is 10.1 Å². The molecule has 154 valence electrons. The van der Waals surface area contributed by atoms with Crippen LogP contribution in [0.2, 0.25) is 0 Å². The van der Waals surface area contributed by atoms with Crippen molar-refractivity contribution in [3.05, 3.63) is 30.3 Å². The first-order valence-electron chi connectivity index (χ1n) is 10.3. The summed E-state index contributed by atoms with van der Waals surface area (Å²) in [6.07, 6.45) is 2.02. The van der Waals surface area contributed by atoms with Gasteiger partial charge in [0.15, 0.2) is 0 Å². The molecule has 0 aromatic heterocycles. The van der Waals surface area contributed by atoms with Crippen molar-refractivity contribution in [1.29, 1.82) is 0 Å². The lowest BCUT2D eigenvalue weighted by Gasteiger charge is -2.33. The van der Waals surface area contributed by atoms with Gasteiger partial charge in [-0.15, -0.1) is 0 Å². The molecule has 0 aliphatic carbocycles. The molecule has 2 fully saturated rings. The Bertz CT molecular complexity index is 619. The van der Waals surface area contributed by atoms with Crippen LogP contribution in [-0.4, -0.2) is 80.7 Å². The van der Waals surface area contributed by atoms with Crippen LogP contribution in [0.5, 0.6) is 5.75 Å². The average molecular weight is 389 g/mol. The third-order valence-electron chi connectivity index (χ3n) is 5.29. The third-order valence-corrected chi connectivity index (χ3v) is 5.29. The summed E-state index contributed by atoms with van der Waals surface area (Å²) in [5.41, 5.74) is 0. The maximum Gasteiger partial charge on any atom is 0.225 e. The van der Waals surface area contributed by atoms with Crippen LogP contribution in [-0.2, 0) is 14.3 Å². The van der Waals surface area contributed by atoms with Gasteiger partial charge in [-0.05, 0) is 25.0 Å². The number of amides is 2. The Kier molecular flexibility index (Phi) is 8.11. The lowest BCUT2D eigenvalue weighted by molar-refractivity contribution is -0.138. The fourth-order valence-electron chi connectivity index (χ4n) is 3.66. The Morgan fingerprint density at radius 2 is 1.96 bits per heavy atom. The van der Waals surface area contributed by atoms with Crippen molar-refractivity contribution >= 4 is 11.8 Å². The van der Waals surface area contributed by atoms with E-state index in [1.807, 2.05) is 35.2 Å². The van der Waals surface area contributed by atoms with Gasteiger partial charge >= 0.3 is 0 Å². The number of piperidine rings is 1. The summed E-state index contributed by atoms with van der Waals surface area (Å²) in [4.78, 5) is 28.9. The highest BCUT2D eigenvalue weighted by Gasteiger charge is 2.29. The molecule has 1 N–H and O–H groups in total. The molecule has 0 radical (unpaired) electrons. The molecule has 28 heavy (non-hydrogen) atoms. The van der Waals surface area contributed by atoms with E-state index in [0.29, 0.717) is 32.5 Å². The number of likely N-dealkylation sites (tertiary alicyclic amines) is 1. The normalized spacial score (nSPS) is 20.8. The Balaban J connectivity index is 1.34. The molecule has 2 saturated heterocycles. The number of carbonyl (C=O) groups is 2. The SMILES string of the molecule is O=C(NCCOc1ccccc1)[C@H]1CCC(=O)N(CCCN2CCOCC2)C1. The third kappa shape index (κ3) is 6.49. The summed E-state index contributed by atoms with van der Waals surface area (Å²) in [6, 6.07) is 9.56. The minimum atomic E-state index is -0.127. The summed E-state index contributed by atoms with van der Waals surface area (Å²) >= 11 is 0. The standard InChI is InChI=1S/C21H31N3O4/c25-20-8-7-18(17-24(20)11-4-10-23-12-15-27-16-13-23)21(26)22-9-14-28-19-5-2-1-3-6-19/h1-3,5-6,18H,4,7-17H2,(H,22,26)/t18-/m0/s1. The van der Waals surface area contributed by atoms with Crippen LogP contribution in [0.4, 0.5) is 0 Å². The molecular weight excluding hydrogens is 358 g/mol. The molecule has 0 bridgehead atoms. The summed E-state index contributed by atoms with van der Waals surface area (Å²) < 4.78 is 11.0. The number of carbonyl (C=O) groups excluding carboxylic acids is 2. The smallest absolute Gasteiger partial charge is 0.225 e. The number of nitrogens with one attached hydrogen (secondary N) is 1. The number of ether oxygens (including phenoxy) is 2. The summed E-state index contributed by atoms with van der Waals surface area (Å²) in [5, 5.41) is 2.94. The van der Waals surface area contributed by atoms with Crippen molar-refractivity contribution in [1.82, 2.24) is 15.1 Å². The highest BCUT2D eigenvalue weighted by molar-refractivity contribution is 5.83. The van der Waals surface area contributed by atoms with Gasteiger partial charge in [0.2, 0.25) is 11.8 Å². The number of hydrogen-bond acceptors (Lipinski definition) is 5. The predicted octanol–water partition coefficient (Wildman–Crippen LogP) is 1.14. The molecule has 1 atom stereocenters. The van der Waals surface area contributed by atoms with Crippen LogP contribution >= 0.6 is 0 Å². The number of nitrogens with zero attached hydrogens (tertiary/aromatic N) is 2. The van der Waals surface area contributed by atoms with Crippen LogP contribution in [0.3, 0.4) is 0 Å². The fraction of sp³-hybridized carbons (Fsp3) is 0.619. The zero-order valence-electron chi connectivity index (χ0n) is 16.5. The Morgan fingerprint density at radius 3 is 2.75 bits per heavy atom. The first-order valence-corrected chi connectivity index (χ1v) is 10.3. The molecule has 1 aromatic carbocycles. The summed E-state index contributed by atoms with van der Waals surface area (Å²) in [5.74, 6) is 0.852. The number of benzene rings is 1. The van der Waals surface area contributed by atoms with Crippen molar-refractivity contribution in [3.63, 3.8) is 0 Å². The van der Waals surface area contributed by atoms with E-state index in [2.05, 4.69) is 10.2 Å². The van der Waals surface area contributed by atoms with Gasteiger partial charge in [-0.3, -0.25) is 14.5 Å². The van der Waals surface area contributed by atoms with Gasteiger partial charge < -0.3 is 19.7 Å². The van der Waals surface area contributed by atoms with Gasteiger partial charge in [0, 0.05) is 39.1 Å². The van der Waals surface area contributed by atoms with Crippen LogP contribution in [0.25, 0.3) is 0 Å². The Morgan fingerprint density at radius 1 is 1.18 bits per heavy atom. The first kappa shape index (κ1) is 20.6. The zero-order valence-corrected chi connectivity index (χ0v) is 16.5. The van der Waals surface area contributed by atoms with Gasteiger partial charge in [0.1, 0.15) is 12.4 Å². The van der Waals surface area contributed by atoms with E-state index in [1.54, 1.807) is 0 Å². The predicted molar refractivity (Wildman–Crippen MR) is 106 cm³/mol. The number of hydrogen-bond donors (Lipinski definition) is 1. The van der Waals surface area contributed by atoms with Crippen LogP contribution in [0, 0.1) is 5.92 Å². The van der Waals surface area contributed by atoms with E-state index in [0.717, 1.165) is 51.6 Å². The van der Waals surface area contributed by atoms with E-state index >= 15 is 0 Å². The summed E-state index contributed by atoms with van der Waals surface area (Å²) in [7, 11) is 0. The quantitative estimate of drug-likeness (QED) is 0.642. The van der Waals surface area contributed by atoms with Crippen molar-refractivity contribution in [2.45, 2.75) is 19.3 Å². The monoisotopic (exact) mass is 389 g/mol. The van der Waals surface area contributed by atoms with E-state index in [9.17, 15) is 9.59 Å². The van der Waals surface area contributed by atoms with Gasteiger partial charge in [0.05, 0.1) is 25.7 Å². The van der Waals surface area contributed by atoms with Gasteiger partial charge in [0.25, 0.3) is 0 Å². The van der Waals surface area contributed by atoms with Crippen molar-refractivity contribution < 1.29 is 19.1 Å². The first-order chi connectivity index (χ1) is 13.7. The average Bonchev–Trinajstić information content (AvgIpc) is 2.74. The van der Waals surface area contributed by atoms with Crippen molar-refractivity contribution in [2.75, 3.05) is 59.1 Å². The molecule has 2 aliphatic rings. The topological polar surface area (TPSA) is 71.1 Å². The van der Waals surface area contributed by atoms with Gasteiger partial charge in [-0.25, -0.2) is 0 Å². The molecule has 0 saturated carbocycles. The van der Waals surface area contributed by atoms with E-state index in [1.165, 1.54) is 0 Å². The zero-order chi connectivity index (χ0) is 19.6. The number of rotatable bonds is 9. The maximum absolute atomic E-state index is 12.5. The second-order valence-corrected chi connectivity index (χ2v) is 7.34. The highest BCUT2D eigenvalue weighted by atomic mass is 16.5. The molecule has 0 spiro atoms. The number of morpholine rings is 1. The van der Waals surface area contributed by atoms with Crippen molar-refractivity contribution in [3.8, 4) is 5.75 Å². The maximum atomic E-state index is 12.5. The lowest BCUT2D eigenvalue weighted by atomic mass is 9.96. The molecule has 0 unspecified atom stereocenters. The molecule has 2 amide bonds. The molecular formula is C21H31N3O4. The molecule has 2 heterocycles. The van der Waals surface area contributed by atoms with E-state index < -0.39 is 0 Å². The summed E-state index contributed by atoms with van der Waals surface area (Å²) in [6.45, 7) is 6.62. The second-order valence-electron chi connectivity index (χ2n) is 7.34. The number of para-hydroxylation sites is 1. The minimum Gasteiger partial charge on any atom is -0.492 e. The molecule has 1 aromatic rings. The lowest BCUT2D eigenvalue weighted by Crippen LogP contribution is -2.47. The largest absolute Gasteiger partial charge is 0.492 e. The van der Waals surface area contributed by atoms with Crippen molar-refractivity contribution in [2.24, 2.45) is 5.92 Å². The highest BCUT2D eigenvalue weighted by Crippen LogP contribution is 2.18. The minimum absolute atomic E-state index is 0.0161. The van der Waals surface area contributed by atoms with E-state index in [-0.39, 0.29) is 17.7 Å². The fourth-order valence-corrected chi connectivity index (χ4v) is 3.66. The Labute approximate surface area is 167 Å². The van der Waals surface area contributed by atoms with Gasteiger partial charge in [-0.2, -0.15) is 0 Å². The van der Waals surface area contributed by atoms with E-state index in [4.69, 9.17) is 9.47 Å². The second kappa shape index (κ2) is 11.0. The molecule has 2 aliphatic heterocycles. The molecule has 3 rings (SSSR count). The van der Waals surface area contributed by atoms with Crippen LogP contribution in [0.1, 0.15) is 19.3 Å². The molecule has 7 nitrogen and oxygen atoms in total. The van der Waals surface area contributed by atoms with Gasteiger partial charge in [-0.1, -0.05) is 18.2 Å². The van der Waals surface area contributed by atoms with Crippen LogP contribution in [0.15, 0.2) is 30.3 Å². The Hall–Kier alpha value is -2.12.